The Hall–Kier alpha value is -12.0. The summed E-state index contributed by atoms with van der Waals surface area (Å²) in [5.74, 6) is 0.589. The molecule has 0 saturated heterocycles. The van der Waals surface area contributed by atoms with Crippen molar-refractivity contribution in [1.82, 2.24) is 75.2 Å². The van der Waals surface area contributed by atoms with Gasteiger partial charge in [-0.25, -0.2) is 15.0 Å². The topological polar surface area (TPSA) is 379 Å². The predicted octanol–water partition coefficient (Wildman–Crippen LogP) is 8.77. The number of aromatic nitrogens is 15. The highest BCUT2D eigenvalue weighted by Crippen LogP contribution is 2.29. The molecular formula is C61H59N21O2. The molecule has 23 heteroatoms. The highest BCUT2D eigenvalue weighted by Gasteiger charge is 2.10. The quantitative estimate of drug-likeness (QED) is 0.0783. The summed E-state index contributed by atoms with van der Waals surface area (Å²) in [7, 11) is 1.59. The smallest absolute Gasteiger partial charge is 0.255 e. The SMILES string of the molecule is COc1ccc(-c2ccncc2N)cn1.Cc1ccncc1-c1ccncc1N.Cc1ccnnc1-c1ccncc1N.Cc1nnccc1-c1ccncc1N.Nc1cnccc1-c1ccc[nH]c1=O.Nc1cnccc1-c1cncnc1. The highest BCUT2D eigenvalue weighted by atomic mass is 16.5. The van der Waals surface area contributed by atoms with Crippen molar-refractivity contribution in [1.29, 1.82) is 0 Å². The minimum Gasteiger partial charge on any atom is -0.481 e. The van der Waals surface area contributed by atoms with E-state index < -0.39 is 0 Å². The van der Waals surface area contributed by atoms with Gasteiger partial charge in [-0.3, -0.25) is 39.7 Å². The maximum atomic E-state index is 11.4. The molecule has 0 saturated carbocycles. The zero-order chi connectivity index (χ0) is 59.6. The molecular weight excluding hydrogens is 1060 g/mol. The Bertz CT molecular complexity index is 3740. The summed E-state index contributed by atoms with van der Waals surface area (Å²) < 4.78 is 4.98. The summed E-state index contributed by atoms with van der Waals surface area (Å²) in [4.78, 5) is 53.6. The lowest BCUT2D eigenvalue weighted by atomic mass is 10.0. The van der Waals surface area contributed by atoms with E-state index in [1.807, 2.05) is 81.6 Å². The summed E-state index contributed by atoms with van der Waals surface area (Å²) >= 11 is 0. The number of methoxy groups -OCH3 is 1. The molecule has 0 radical (unpaired) electrons. The van der Waals surface area contributed by atoms with Crippen LogP contribution in [0.4, 0.5) is 34.1 Å². The third kappa shape index (κ3) is 16.5. The standard InChI is InChI=1S/C11H11N3O.C11H11N3.2C10H10N4.C10H9N3O.C9H8N4/c1-15-11-3-2-8(6-14-11)9-4-5-13-7-10(9)12;1-8-2-4-13-6-10(8)9-3-5-14-7-11(9)12;1-7-2-5-13-14-10(7)8-3-4-12-6-9(8)11;1-7-8(3-5-13-14-7)9-2-4-12-6-10(9)11;11-9-6-12-5-3-7(9)8-2-1-4-13-10(8)14;10-9-5-11-2-1-8(9)7-3-12-6-13-4-7/h2-7H,12H2,1H3;2-7H,12H2,1H3;2*2-6H,11H2,1H3;1-6H,11H2,(H,13,14);1-6H,10H2. The molecule has 12 aromatic heterocycles. The number of anilines is 6. The van der Waals surface area contributed by atoms with Gasteiger partial charge in [0.15, 0.2) is 0 Å². The molecule has 0 aliphatic carbocycles. The highest BCUT2D eigenvalue weighted by molar-refractivity contribution is 5.79. The van der Waals surface area contributed by atoms with E-state index >= 15 is 0 Å². The Labute approximate surface area is 483 Å². The van der Waals surface area contributed by atoms with Gasteiger partial charge in [-0.2, -0.15) is 20.4 Å². The first-order chi connectivity index (χ1) is 40.8. The van der Waals surface area contributed by atoms with Gasteiger partial charge in [-0.1, -0.05) is 0 Å². The van der Waals surface area contributed by atoms with Crippen molar-refractivity contribution in [3.05, 3.63) is 236 Å². The molecule has 12 rings (SSSR count). The fraction of sp³-hybridized carbons (Fsp3) is 0.0656. The summed E-state index contributed by atoms with van der Waals surface area (Å²) in [6.45, 7) is 5.92. The minimum atomic E-state index is -0.148. The van der Waals surface area contributed by atoms with Crippen LogP contribution in [0.2, 0.25) is 0 Å². The minimum absolute atomic E-state index is 0.148. The third-order valence-electron chi connectivity index (χ3n) is 12.1. The number of nitrogens with two attached hydrogens (primary N) is 6. The maximum Gasteiger partial charge on any atom is 0.255 e. The number of pyridine rings is 9. The average molecular weight is 1120 g/mol. The van der Waals surface area contributed by atoms with Gasteiger partial charge in [0.1, 0.15) is 6.33 Å². The molecule has 0 aromatic carbocycles. The van der Waals surface area contributed by atoms with Crippen LogP contribution in [-0.2, 0) is 0 Å². The predicted molar refractivity (Wildman–Crippen MR) is 328 cm³/mol. The van der Waals surface area contributed by atoms with Gasteiger partial charge in [0.25, 0.3) is 5.56 Å². The summed E-state index contributed by atoms with van der Waals surface area (Å²) in [5.41, 5.74) is 52.0. The molecule has 0 fully saturated rings. The Morgan fingerprint density at radius 1 is 0.381 bits per heavy atom. The van der Waals surface area contributed by atoms with E-state index in [4.69, 9.17) is 39.1 Å². The fourth-order valence-corrected chi connectivity index (χ4v) is 7.74. The van der Waals surface area contributed by atoms with Crippen molar-refractivity contribution >= 4 is 34.1 Å². The lowest BCUT2D eigenvalue weighted by Gasteiger charge is -2.06. The lowest BCUT2D eigenvalue weighted by Crippen LogP contribution is -2.08. The monoisotopic (exact) mass is 1120 g/mol. The second kappa shape index (κ2) is 30.4. The molecule has 23 nitrogen and oxygen atoms in total. The van der Waals surface area contributed by atoms with Crippen LogP contribution in [0.1, 0.15) is 16.8 Å². The fourth-order valence-electron chi connectivity index (χ4n) is 7.74. The molecule has 0 spiro atoms. The lowest BCUT2D eigenvalue weighted by molar-refractivity contribution is 0.398. The molecule has 0 aliphatic heterocycles. The van der Waals surface area contributed by atoms with Gasteiger partial charge in [-0.05, 0) is 105 Å². The number of aryl methyl sites for hydroxylation is 3. The summed E-state index contributed by atoms with van der Waals surface area (Å²) in [5, 5.41) is 15.7. The second-order valence-electron chi connectivity index (χ2n) is 17.7. The number of nitrogens with zero attached hydrogens (tertiary/aromatic N) is 14. The molecule has 0 amide bonds. The molecule has 12 aromatic rings. The number of H-pyrrole nitrogens is 1. The van der Waals surface area contributed by atoms with Crippen molar-refractivity contribution in [2.24, 2.45) is 0 Å². The van der Waals surface area contributed by atoms with Crippen molar-refractivity contribution in [2.45, 2.75) is 20.8 Å². The van der Waals surface area contributed by atoms with E-state index in [1.165, 1.54) is 12.5 Å². The van der Waals surface area contributed by atoms with Crippen molar-refractivity contribution in [3.8, 4) is 72.8 Å². The van der Waals surface area contributed by atoms with Crippen LogP contribution >= 0.6 is 0 Å². The van der Waals surface area contributed by atoms with Crippen LogP contribution in [0.3, 0.4) is 0 Å². The number of ether oxygens (including phenoxy) is 1. The van der Waals surface area contributed by atoms with E-state index in [1.54, 1.807) is 143 Å². The zero-order valence-electron chi connectivity index (χ0n) is 46.2. The first-order valence-corrected chi connectivity index (χ1v) is 25.4. The van der Waals surface area contributed by atoms with Gasteiger partial charge in [0, 0.05) is 148 Å². The van der Waals surface area contributed by atoms with Crippen LogP contribution in [0.5, 0.6) is 5.88 Å². The molecule has 0 bridgehead atoms. The first kappa shape index (κ1) is 59.6. The van der Waals surface area contributed by atoms with Crippen LogP contribution in [-0.4, -0.2) is 82.3 Å². The normalized spacial score (nSPS) is 10.0. The van der Waals surface area contributed by atoms with Crippen LogP contribution in [0.15, 0.2) is 214 Å². The molecule has 0 atom stereocenters. The van der Waals surface area contributed by atoms with E-state index in [-0.39, 0.29) is 5.56 Å². The number of nitrogen functional groups attached to an aromatic ring is 6. The number of nitrogens with one attached hydrogen (secondary N) is 1. The Kier molecular flexibility index (Phi) is 21.6. The molecule has 13 N–H and O–H groups in total. The third-order valence-corrected chi connectivity index (χ3v) is 12.1. The summed E-state index contributed by atoms with van der Waals surface area (Å²) in [6.07, 6.45) is 35.0. The first-order valence-electron chi connectivity index (χ1n) is 25.4. The van der Waals surface area contributed by atoms with Gasteiger partial charge in [0.2, 0.25) is 5.88 Å². The van der Waals surface area contributed by atoms with Crippen LogP contribution in [0, 0.1) is 20.8 Å². The van der Waals surface area contributed by atoms with Gasteiger partial charge < -0.3 is 44.1 Å². The van der Waals surface area contributed by atoms with E-state index in [0.29, 0.717) is 51.1 Å². The van der Waals surface area contributed by atoms with Crippen LogP contribution in [0.25, 0.3) is 66.9 Å². The number of rotatable bonds is 7. The number of hydrogen-bond acceptors (Lipinski definition) is 22. The molecule has 0 aliphatic rings. The molecule has 420 valence electrons. The van der Waals surface area contributed by atoms with Gasteiger partial charge >= 0.3 is 0 Å². The van der Waals surface area contributed by atoms with E-state index in [9.17, 15) is 4.79 Å². The molecule has 0 unspecified atom stereocenters. The van der Waals surface area contributed by atoms with Crippen molar-refractivity contribution < 1.29 is 4.74 Å². The average Bonchev–Trinajstić information content (AvgIpc) is 3.73. The zero-order valence-corrected chi connectivity index (χ0v) is 46.2. The largest absolute Gasteiger partial charge is 0.481 e. The van der Waals surface area contributed by atoms with E-state index in [0.717, 1.165) is 72.6 Å². The summed E-state index contributed by atoms with van der Waals surface area (Å²) in [6, 6.07) is 24.0. The van der Waals surface area contributed by atoms with Gasteiger partial charge in [0.05, 0.1) is 96.0 Å². The van der Waals surface area contributed by atoms with Crippen molar-refractivity contribution in [2.75, 3.05) is 41.5 Å². The van der Waals surface area contributed by atoms with Gasteiger partial charge in [-0.15, -0.1) is 0 Å². The maximum absolute atomic E-state index is 11.4. The Balaban J connectivity index is 0.000000145. The molecule has 84 heavy (non-hydrogen) atoms. The van der Waals surface area contributed by atoms with E-state index in [2.05, 4.69) is 75.2 Å². The number of hydrogen-bond donors (Lipinski definition) is 7. The van der Waals surface area contributed by atoms with Crippen molar-refractivity contribution in [3.63, 3.8) is 0 Å². The molecule has 12 heterocycles. The Morgan fingerprint density at radius 3 is 1.30 bits per heavy atom. The Morgan fingerprint density at radius 2 is 0.821 bits per heavy atom. The number of aromatic amines is 1. The second-order valence-corrected chi connectivity index (χ2v) is 17.7. The van der Waals surface area contributed by atoms with Crippen LogP contribution < -0.4 is 44.7 Å².